The Balaban J connectivity index is 1.50. The summed E-state index contributed by atoms with van der Waals surface area (Å²) >= 11 is 0. The van der Waals surface area contributed by atoms with Gasteiger partial charge in [0.1, 0.15) is 17.7 Å². The first-order valence-corrected chi connectivity index (χ1v) is 8.07. The van der Waals surface area contributed by atoms with E-state index in [1.54, 1.807) is 0 Å². The Bertz CT molecular complexity index is 651. The van der Waals surface area contributed by atoms with Gasteiger partial charge in [-0.15, -0.1) is 0 Å². The molecule has 0 amide bonds. The van der Waals surface area contributed by atoms with Gasteiger partial charge < -0.3 is 10.1 Å². The zero-order chi connectivity index (χ0) is 14.9. The molecule has 1 saturated heterocycles. The molecule has 3 heterocycles. The van der Waals surface area contributed by atoms with E-state index in [0.29, 0.717) is 5.92 Å². The van der Waals surface area contributed by atoms with Crippen molar-refractivity contribution < 1.29 is 4.74 Å². The van der Waals surface area contributed by atoms with Gasteiger partial charge in [0, 0.05) is 37.0 Å². The molecule has 0 radical (unpaired) electrons. The predicted octanol–water partition coefficient (Wildman–Crippen LogP) is 2.51. The van der Waals surface area contributed by atoms with Crippen molar-refractivity contribution in [2.24, 2.45) is 0 Å². The Morgan fingerprint density at radius 2 is 2.27 bits per heavy atom. The third-order valence-electron chi connectivity index (χ3n) is 4.35. The summed E-state index contributed by atoms with van der Waals surface area (Å²) in [5.41, 5.74) is 1.13. The van der Waals surface area contributed by atoms with Gasteiger partial charge in [-0.1, -0.05) is 0 Å². The Labute approximate surface area is 129 Å². The van der Waals surface area contributed by atoms with Gasteiger partial charge in [-0.3, -0.25) is 4.68 Å². The van der Waals surface area contributed by atoms with E-state index in [4.69, 9.17) is 4.74 Å². The van der Waals surface area contributed by atoms with Crippen LogP contribution in [0.1, 0.15) is 49.6 Å². The van der Waals surface area contributed by atoms with Crippen molar-refractivity contribution in [3.8, 4) is 0 Å². The molecule has 1 aliphatic carbocycles. The second-order valence-corrected chi connectivity index (χ2v) is 6.03. The molecule has 6 nitrogen and oxygen atoms in total. The summed E-state index contributed by atoms with van der Waals surface area (Å²) in [4.78, 5) is 9.02. The molecule has 22 heavy (non-hydrogen) atoms. The fourth-order valence-electron chi connectivity index (χ4n) is 2.95. The summed E-state index contributed by atoms with van der Waals surface area (Å²) in [6, 6.07) is 2.17. The molecule has 2 atom stereocenters. The van der Waals surface area contributed by atoms with Gasteiger partial charge in [0.25, 0.3) is 0 Å². The van der Waals surface area contributed by atoms with Crippen molar-refractivity contribution in [2.45, 2.75) is 50.8 Å². The highest BCUT2D eigenvalue weighted by Crippen LogP contribution is 2.38. The van der Waals surface area contributed by atoms with E-state index in [9.17, 15) is 0 Å². The molecular formula is C16H21N5O. The lowest BCUT2D eigenvalue weighted by molar-refractivity contribution is 0.107. The van der Waals surface area contributed by atoms with E-state index >= 15 is 0 Å². The minimum absolute atomic E-state index is 0.0413. The van der Waals surface area contributed by atoms with Crippen molar-refractivity contribution in [3.05, 3.63) is 36.0 Å². The first-order valence-electron chi connectivity index (χ1n) is 8.07. The van der Waals surface area contributed by atoms with Crippen LogP contribution in [0.15, 0.2) is 24.7 Å². The maximum absolute atomic E-state index is 5.91. The Hall–Kier alpha value is -1.95. The lowest BCUT2D eigenvalue weighted by Gasteiger charge is -2.19. The first-order chi connectivity index (χ1) is 10.8. The molecule has 0 unspecified atom stereocenters. The minimum atomic E-state index is 0.0413. The smallest absolute Gasteiger partial charge is 0.133 e. The number of aromatic nitrogens is 4. The molecule has 6 heteroatoms. The first kappa shape index (κ1) is 13.7. The van der Waals surface area contributed by atoms with Crippen molar-refractivity contribution in [1.29, 1.82) is 0 Å². The molecule has 2 aliphatic rings. The summed E-state index contributed by atoms with van der Waals surface area (Å²) in [6.07, 6.45) is 9.28. The Kier molecular flexibility index (Phi) is 3.54. The molecule has 2 aromatic rings. The Morgan fingerprint density at radius 1 is 1.36 bits per heavy atom. The highest BCUT2D eigenvalue weighted by Gasteiger charge is 2.31. The SMILES string of the molecule is CCn1cc([C@H]2OCC[C@@H]2Nc2ccnc(C3CC3)n2)cn1. The van der Waals surface area contributed by atoms with Crippen LogP contribution in [-0.2, 0) is 11.3 Å². The maximum atomic E-state index is 5.91. The number of nitrogens with one attached hydrogen (secondary N) is 1. The second-order valence-electron chi connectivity index (χ2n) is 6.03. The van der Waals surface area contributed by atoms with Crippen LogP contribution in [-0.4, -0.2) is 32.4 Å². The van der Waals surface area contributed by atoms with Crippen LogP contribution in [0.4, 0.5) is 5.82 Å². The molecule has 1 N–H and O–H groups in total. The van der Waals surface area contributed by atoms with Crippen LogP contribution in [0.3, 0.4) is 0 Å². The molecule has 1 aliphatic heterocycles. The molecule has 0 spiro atoms. The summed E-state index contributed by atoms with van der Waals surface area (Å²) < 4.78 is 7.85. The fraction of sp³-hybridized carbons (Fsp3) is 0.562. The van der Waals surface area contributed by atoms with Crippen LogP contribution >= 0.6 is 0 Å². The highest BCUT2D eigenvalue weighted by molar-refractivity contribution is 5.37. The van der Waals surface area contributed by atoms with E-state index < -0.39 is 0 Å². The number of nitrogens with zero attached hydrogens (tertiary/aromatic N) is 4. The second kappa shape index (κ2) is 5.68. The maximum Gasteiger partial charge on any atom is 0.133 e. The van der Waals surface area contributed by atoms with Gasteiger partial charge in [0.2, 0.25) is 0 Å². The average Bonchev–Trinajstić information content (AvgIpc) is 3.12. The lowest BCUT2D eigenvalue weighted by atomic mass is 10.1. The normalized spacial score (nSPS) is 24.6. The summed E-state index contributed by atoms with van der Waals surface area (Å²) in [5, 5.41) is 7.88. The topological polar surface area (TPSA) is 64.9 Å². The number of ether oxygens (including phenoxy) is 1. The van der Waals surface area contributed by atoms with Crippen LogP contribution in [0, 0.1) is 0 Å². The van der Waals surface area contributed by atoms with E-state index in [2.05, 4.69) is 33.5 Å². The van der Waals surface area contributed by atoms with Crippen LogP contribution < -0.4 is 5.32 Å². The van der Waals surface area contributed by atoms with Crippen LogP contribution in [0.5, 0.6) is 0 Å². The molecule has 0 aromatic carbocycles. The molecule has 0 bridgehead atoms. The molecule has 116 valence electrons. The van der Waals surface area contributed by atoms with Gasteiger partial charge in [0.15, 0.2) is 0 Å². The third kappa shape index (κ3) is 2.70. The standard InChI is InChI=1S/C16H21N5O/c1-2-21-10-12(9-18-21)15-13(6-8-22-15)19-14-5-7-17-16(20-14)11-3-4-11/h5,7,9-11,13,15H,2-4,6,8H2,1H3,(H,17,19,20)/t13-,15+/m0/s1. The monoisotopic (exact) mass is 299 g/mol. The third-order valence-corrected chi connectivity index (χ3v) is 4.35. The minimum Gasteiger partial charge on any atom is -0.371 e. The predicted molar refractivity (Wildman–Crippen MR) is 82.6 cm³/mol. The van der Waals surface area contributed by atoms with Gasteiger partial charge in [0.05, 0.1) is 12.2 Å². The van der Waals surface area contributed by atoms with Gasteiger partial charge in [-0.2, -0.15) is 5.10 Å². The summed E-state index contributed by atoms with van der Waals surface area (Å²) in [7, 11) is 0. The molecule has 2 aromatic heterocycles. The van der Waals surface area contributed by atoms with E-state index in [1.807, 2.05) is 23.1 Å². The van der Waals surface area contributed by atoms with Gasteiger partial charge in [-0.05, 0) is 32.3 Å². The molecule has 1 saturated carbocycles. The van der Waals surface area contributed by atoms with E-state index in [1.165, 1.54) is 12.8 Å². The quantitative estimate of drug-likeness (QED) is 0.919. The van der Waals surface area contributed by atoms with Crippen molar-refractivity contribution in [1.82, 2.24) is 19.7 Å². The average molecular weight is 299 g/mol. The number of aryl methyl sites for hydroxylation is 1. The highest BCUT2D eigenvalue weighted by atomic mass is 16.5. The fourth-order valence-corrected chi connectivity index (χ4v) is 2.95. The van der Waals surface area contributed by atoms with Crippen LogP contribution in [0.2, 0.25) is 0 Å². The van der Waals surface area contributed by atoms with Crippen molar-refractivity contribution in [2.75, 3.05) is 11.9 Å². The number of rotatable bonds is 5. The van der Waals surface area contributed by atoms with Gasteiger partial charge in [-0.25, -0.2) is 9.97 Å². The zero-order valence-electron chi connectivity index (χ0n) is 12.8. The van der Waals surface area contributed by atoms with Crippen molar-refractivity contribution >= 4 is 5.82 Å². The molecule has 4 rings (SSSR count). The van der Waals surface area contributed by atoms with Gasteiger partial charge >= 0.3 is 0 Å². The zero-order valence-corrected chi connectivity index (χ0v) is 12.8. The van der Waals surface area contributed by atoms with E-state index in [-0.39, 0.29) is 12.1 Å². The lowest BCUT2D eigenvalue weighted by Crippen LogP contribution is -2.23. The Morgan fingerprint density at radius 3 is 3.05 bits per heavy atom. The van der Waals surface area contributed by atoms with Crippen LogP contribution in [0.25, 0.3) is 0 Å². The molecule has 2 fully saturated rings. The number of hydrogen-bond acceptors (Lipinski definition) is 5. The summed E-state index contributed by atoms with van der Waals surface area (Å²) in [6.45, 7) is 3.73. The number of anilines is 1. The largest absolute Gasteiger partial charge is 0.371 e. The number of hydrogen-bond donors (Lipinski definition) is 1. The van der Waals surface area contributed by atoms with Crippen molar-refractivity contribution in [3.63, 3.8) is 0 Å². The molecular weight excluding hydrogens is 278 g/mol. The van der Waals surface area contributed by atoms with E-state index in [0.717, 1.165) is 36.8 Å². The summed E-state index contributed by atoms with van der Waals surface area (Å²) in [5.74, 6) is 2.44.